The molecule has 2 N–H and O–H groups in total. The Morgan fingerprint density at radius 1 is 1.50 bits per heavy atom. The number of hydrogen-bond acceptors (Lipinski definition) is 3. The Hall–Kier alpha value is -0.380. The summed E-state index contributed by atoms with van der Waals surface area (Å²) in [6.45, 7) is 0.594. The van der Waals surface area contributed by atoms with Gasteiger partial charge in [0.15, 0.2) is 0 Å². The van der Waals surface area contributed by atoms with Gasteiger partial charge in [-0.2, -0.15) is 0 Å². The lowest BCUT2D eigenvalue weighted by atomic mass is 10.2. The summed E-state index contributed by atoms with van der Waals surface area (Å²) >= 11 is 1.73. The van der Waals surface area contributed by atoms with Crippen LogP contribution in [0.1, 0.15) is 36.7 Å². The van der Waals surface area contributed by atoms with E-state index in [2.05, 4.69) is 17.5 Å². The topological polar surface area (TPSA) is 35.2 Å². The van der Waals surface area contributed by atoms with Crippen molar-refractivity contribution in [2.45, 2.75) is 37.9 Å². The average molecular weight is 211 g/mol. The molecule has 1 unspecified atom stereocenters. The van der Waals surface area contributed by atoms with E-state index in [1.54, 1.807) is 11.3 Å². The third-order valence-corrected chi connectivity index (χ3v) is 3.70. The van der Waals surface area contributed by atoms with Crippen molar-refractivity contribution in [1.82, 2.24) is 0 Å². The molecule has 1 aromatic heterocycles. The van der Waals surface area contributed by atoms with E-state index in [0.717, 1.165) is 0 Å². The zero-order valence-corrected chi connectivity index (χ0v) is 9.13. The summed E-state index contributed by atoms with van der Waals surface area (Å²) in [5.41, 5.74) is 5.72. The molecular weight excluding hydrogens is 194 g/mol. The van der Waals surface area contributed by atoms with Crippen LogP contribution in [-0.2, 0) is 4.74 Å². The van der Waals surface area contributed by atoms with E-state index in [9.17, 15) is 0 Å². The SMILES string of the molecule is NCC(OC1CCCC1)c1cccs1. The van der Waals surface area contributed by atoms with Gasteiger partial charge in [0.25, 0.3) is 0 Å². The van der Waals surface area contributed by atoms with Crippen LogP contribution in [0.25, 0.3) is 0 Å². The standard InChI is InChI=1S/C11H17NOS/c12-8-10(11-6-3-7-14-11)13-9-4-1-2-5-9/h3,6-7,9-10H,1-2,4-5,8,12H2. The first-order valence-electron chi connectivity index (χ1n) is 5.29. The van der Waals surface area contributed by atoms with Crippen molar-refractivity contribution < 1.29 is 4.74 Å². The molecule has 1 atom stereocenters. The lowest BCUT2D eigenvalue weighted by Crippen LogP contribution is -2.20. The quantitative estimate of drug-likeness (QED) is 0.831. The van der Waals surface area contributed by atoms with Crippen molar-refractivity contribution in [2.24, 2.45) is 5.73 Å². The van der Waals surface area contributed by atoms with Gasteiger partial charge in [-0.3, -0.25) is 0 Å². The van der Waals surface area contributed by atoms with Gasteiger partial charge >= 0.3 is 0 Å². The molecule has 0 bridgehead atoms. The summed E-state index contributed by atoms with van der Waals surface area (Å²) in [7, 11) is 0. The monoisotopic (exact) mass is 211 g/mol. The second kappa shape index (κ2) is 4.91. The smallest absolute Gasteiger partial charge is 0.104 e. The maximum absolute atomic E-state index is 5.99. The molecule has 0 aromatic carbocycles. The molecule has 2 rings (SSSR count). The summed E-state index contributed by atoms with van der Waals surface area (Å²) in [4.78, 5) is 1.26. The first-order valence-corrected chi connectivity index (χ1v) is 6.17. The molecule has 0 saturated heterocycles. The highest BCUT2D eigenvalue weighted by atomic mass is 32.1. The van der Waals surface area contributed by atoms with Crippen LogP contribution in [0.5, 0.6) is 0 Å². The van der Waals surface area contributed by atoms with Gasteiger partial charge < -0.3 is 10.5 Å². The summed E-state index contributed by atoms with van der Waals surface area (Å²) in [5, 5.41) is 2.08. The van der Waals surface area contributed by atoms with E-state index in [-0.39, 0.29) is 6.10 Å². The number of ether oxygens (including phenoxy) is 1. The third kappa shape index (κ3) is 2.35. The Morgan fingerprint density at radius 3 is 2.86 bits per heavy atom. The van der Waals surface area contributed by atoms with Crippen LogP contribution in [0.15, 0.2) is 17.5 Å². The lowest BCUT2D eigenvalue weighted by molar-refractivity contribution is -0.00248. The first kappa shape index (κ1) is 10.1. The van der Waals surface area contributed by atoms with Gasteiger partial charge in [-0.15, -0.1) is 11.3 Å². The predicted molar refractivity (Wildman–Crippen MR) is 59.5 cm³/mol. The molecule has 14 heavy (non-hydrogen) atoms. The summed E-state index contributed by atoms with van der Waals surface area (Å²) in [6, 6.07) is 4.16. The van der Waals surface area contributed by atoms with Crippen molar-refractivity contribution >= 4 is 11.3 Å². The Labute approximate surface area is 89.1 Å². The van der Waals surface area contributed by atoms with Crippen molar-refractivity contribution in [1.29, 1.82) is 0 Å². The molecule has 0 aliphatic heterocycles. The van der Waals surface area contributed by atoms with Crippen molar-refractivity contribution in [2.75, 3.05) is 6.54 Å². The fraction of sp³-hybridized carbons (Fsp3) is 0.636. The van der Waals surface area contributed by atoms with Crippen LogP contribution in [0.3, 0.4) is 0 Å². The van der Waals surface area contributed by atoms with Crippen LogP contribution in [0.4, 0.5) is 0 Å². The number of rotatable bonds is 4. The largest absolute Gasteiger partial charge is 0.368 e. The Kier molecular flexibility index (Phi) is 3.56. The molecule has 0 radical (unpaired) electrons. The summed E-state index contributed by atoms with van der Waals surface area (Å²) < 4.78 is 5.99. The minimum absolute atomic E-state index is 0.123. The van der Waals surface area contributed by atoms with Crippen LogP contribution in [0, 0.1) is 0 Å². The van der Waals surface area contributed by atoms with Gasteiger partial charge in [0.2, 0.25) is 0 Å². The zero-order valence-electron chi connectivity index (χ0n) is 8.32. The molecule has 0 amide bonds. The van der Waals surface area contributed by atoms with Crippen molar-refractivity contribution in [3.8, 4) is 0 Å². The van der Waals surface area contributed by atoms with Gasteiger partial charge in [0.05, 0.1) is 6.10 Å². The second-order valence-electron chi connectivity index (χ2n) is 3.78. The first-order chi connectivity index (χ1) is 6.90. The molecule has 1 saturated carbocycles. The lowest BCUT2D eigenvalue weighted by Gasteiger charge is -2.19. The maximum Gasteiger partial charge on any atom is 0.104 e. The summed E-state index contributed by atoms with van der Waals surface area (Å²) in [5.74, 6) is 0. The molecule has 2 nitrogen and oxygen atoms in total. The van der Waals surface area contributed by atoms with Gasteiger partial charge in [-0.25, -0.2) is 0 Å². The molecule has 1 aromatic rings. The van der Waals surface area contributed by atoms with E-state index in [4.69, 9.17) is 10.5 Å². The highest BCUT2D eigenvalue weighted by Gasteiger charge is 2.21. The summed E-state index contributed by atoms with van der Waals surface area (Å²) in [6.07, 6.45) is 5.62. The Bertz CT molecular complexity index is 254. The molecule has 1 aliphatic rings. The fourth-order valence-corrected chi connectivity index (χ4v) is 2.74. The predicted octanol–water partition coefficient (Wildman–Crippen LogP) is 2.71. The third-order valence-electron chi connectivity index (χ3n) is 2.73. The van der Waals surface area contributed by atoms with E-state index < -0.39 is 0 Å². The van der Waals surface area contributed by atoms with Gasteiger partial charge in [0, 0.05) is 11.4 Å². The number of nitrogens with two attached hydrogens (primary N) is 1. The molecule has 0 spiro atoms. The molecule has 78 valence electrons. The van der Waals surface area contributed by atoms with Gasteiger partial charge in [-0.05, 0) is 24.3 Å². The number of hydrogen-bond donors (Lipinski definition) is 1. The second-order valence-corrected chi connectivity index (χ2v) is 4.76. The van der Waals surface area contributed by atoms with Crippen molar-refractivity contribution in [3.05, 3.63) is 22.4 Å². The minimum Gasteiger partial charge on any atom is -0.368 e. The van der Waals surface area contributed by atoms with E-state index >= 15 is 0 Å². The molecular formula is C11H17NOS. The van der Waals surface area contributed by atoms with Crippen molar-refractivity contribution in [3.63, 3.8) is 0 Å². The highest BCUT2D eigenvalue weighted by Crippen LogP contribution is 2.29. The maximum atomic E-state index is 5.99. The van der Waals surface area contributed by atoms with Gasteiger partial charge in [-0.1, -0.05) is 18.9 Å². The Morgan fingerprint density at radius 2 is 2.29 bits per heavy atom. The Balaban J connectivity index is 1.93. The number of thiophene rings is 1. The van der Waals surface area contributed by atoms with Crippen LogP contribution < -0.4 is 5.73 Å². The van der Waals surface area contributed by atoms with E-state index in [1.165, 1.54) is 30.6 Å². The average Bonchev–Trinajstić information content (AvgIpc) is 2.86. The zero-order chi connectivity index (χ0) is 9.80. The molecule has 3 heteroatoms. The van der Waals surface area contributed by atoms with Gasteiger partial charge in [0.1, 0.15) is 6.10 Å². The highest BCUT2D eigenvalue weighted by molar-refractivity contribution is 7.10. The normalized spacial score (nSPS) is 20.1. The van der Waals surface area contributed by atoms with E-state index in [1.807, 2.05) is 0 Å². The minimum atomic E-state index is 0.123. The molecule has 1 fully saturated rings. The van der Waals surface area contributed by atoms with Crippen LogP contribution in [-0.4, -0.2) is 12.6 Å². The molecule has 1 aliphatic carbocycles. The fourth-order valence-electron chi connectivity index (χ4n) is 1.97. The van der Waals surface area contributed by atoms with Crippen LogP contribution in [0.2, 0.25) is 0 Å². The van der Waals surface area contributed by atoms with Crippen LogP contribution >= 0.6 is 11.3 Å². The molecule has 1 heterocycles. The van der Waals surface area contributed by atoms with E-state index in [0.29, 0.717) is 12.6 Å².